The number of aromatic hydroxyl groups is 2. The predicted octanol–water partition coefficient (Wildman–Crippen LogP) is 3.63. The molecule has 0 aliphatic carbocycles. The molecule has 0 saturated carbocycles. The van der Waals surface area contributed by atoms with Crippen LogP contribution in [0, 0.1) is 0 Å². The molecule has 2 aliphatic rings. The fourth-order valence-electron chi connectivity index (χ4n) is 3.85. The first-order valence-electron chi connectivity index (χ1n) is 9.76. The van der Waals surface area contributed by atoms with Gasteiger partial charge in [0.15, 0.2) is 17.3 Å². The second kappa shape index (κ2) is 7.40. The van der Waals surface area contributed by atoms with Crippen LogP contribution in [0.4, 0.5) is 10.6 Å². The highest BCUT2D eigenvalue weighted by Crippen LogP contribution is 2.41. The van der Waals surface area contributed by atoms with Gasteiger partial charge >= 0.3 is 6.09 Å². The Morgan fingerprint density at radius 2 is 1.94 bits per heavy atom. The zero-order chi connectivity index (χ0) is 21.5. The van der Waals surface area contributed by atoms with Crippen LogP contribution in [0.3, 0.4) is 0 Å². The van der Waals surface area contributed by atoms with Gasteiger partial charge in [-0.1, -0.05) is 0 Å². The molecule has 0 bridgehead atoms. The molecule has 1 fully saturated rings. The fraction of sp³-hybridized carbons (Fsp3) is 0.238. The van der Waals surface area contributed by atoms with Gasteiger partial charge in [-0.25, -0.2) is 9.78 Å². The summed E-state index contributed by atoms with van der Waals surface area (Å²) in [5.41, 5.74) is 2.18. The van der Waals surface area contributed by atoms with Crippen molar-refractivity contribution in [1.29, 1.82) is 0 Å². The quantitative estimate of drug-likeness (QED) is 0.588. The monoisotopic (exact) mass is 421 g/mol. The molecular weight excluding hydrogens is 402 g/mol. The van der Waals surface area contributed by atoms with Gasteiger partial charge in [-0.15, -0.1) is 10.2 Å². The Hall–Kier alpha value is -3.92. The second-order valence-electron chi connectivity index (χ2n) is 7.40. The highest BCUT2D eigenvalue weighted by molar-refractivity contribution is 5.94. The van der Waals surface area contributed by atoms with E-state index in [1.807, 2.05) is 11.0 Å². The number of carbonyl (C=O) groups is 1. The van der Waals surface area contributed by atoms with E-state index in [0.29, 0.717) is 60.8 Å². The Kier molecular flexibility index (Phi) is 4.55. The van der Waals surface area contributed by atoms with Crippen molar-refractivity contribution in [2.24, 2.45) is 10.2 Å². The van der Waals surface area contributed by atoms with Crippen LogP contribution in [0.2, 0.25) is 0 Å². The van der Waals surface area contributed by atoms with Crippen molar-refractivity contribution in [1.82, 2.24) is 14.8 Å². The van der Waals surface area contributed by atoms with Crippen molar-refractivity contribution in [3.8, 4) is 11.5 Å². The molecule has 10 heteroatoms. The number of fused-ring (bicyclic) bond motifs is 2. The smallest absolute Gasteiger partial charge is 0.407 e. The molecule has 4 heterocycles. The number of piperazine rings is 1. The zero-order valence-electron chi connectivity index (χ0n) is 16.4. The summed E-state index contributed by atoms with van der Waals surface area (Å²) in [6.07, 6.45) is 2.29. The summed E-state index contributed by atoms with van der Waals surface area (Å²) in [4.78, 5) is 18.7. The molecule has 3 aromatic rings. The molecule has 2 aliphatic heterocycles. The van der Waals surface area contributed by atoms with E-state index >= 15 is 0 Å². The first-order chi connectivity index (χ1) is 15.0. The number of phenolic OH excluding ortho intramolecular Hbond substituents is 1. The lowest BCUT2D eigenvalue weighted by Gasteiger charge is -2.33. The van der Waals surface area contributed by atoms with Crippen LogP contribution in [0.5, 0.6) is 11.5 Å². The Morgan fingerprint density at radius 1 is 1.13 bits per heavy atom. The summed E-state index contributed by atoms with van der Waals surface area (Å²) >= 11 is 0. The minimum Gasteiger partial charge on any atom is -0.507 e. The number of furan rings is 1. The van der Waals surface area contributed by atoms with Gasteiger partial charge in [0.25, 0.3) is 0 Å². The van der Waals surface area contributed by atoms with Gasteiger partial charge in [0, 0.05) is 50.6 Å². The number of amides is 1. The number of benzene rings is 1. The molecule has 0 spiro atoms. The van der Waals surface area contributed by atoms with Gasteiger partial charge in [-0.2, -0.15) is 0 Å². The van der Waals surface area contributed by atoms with E-state index in [4.69, 9.17) is 9.52 Å². The van der Waals surface area contributed by atoms with Gasteiger partial charge in [-0.3, -0.25) is 4.90 Å². The Bertz CT molecular complexity index is 1240. The van der Waals surface area contributed by atoms with E-state index in [9.17, 15) is 15.0 Å². The third-order valence-corrected chi connectivity index (χ3v) is 5.54. The molecule has 1 saturated heterocycles. The highest BCUT2D eigenvalue weighted by atomic mass is 16.4. The number of hydrogen-bond donors (Lipinski definition) is 3. The summed E-state index contributed by atoms with van der Waals surface area (Å²) in [6.45, 7) is 2.23. The Balaban J connectivity index is 1.47. The fourth-order valence-corrected chi connectivity index (χ4v) is 3.85. The van der Waals surface area contributed by atoms with E-state index in [1.165, 1.54) is 11.0 Å². The summed E-state index contributed by atoms with van der Waals surface area (Å²) in [5.74, 6) is 0.717. The first kappa shape index (κ1) is 19.1. The van der Waals surface area contributed by atoms with Crippen LogP contribution < -0.4 is 0 Å². The van der Waals surface area contributed by atoms with E-state index in [-0.39, 0.29) is 17.3 Å². The molecule has 31 heavy (non-hydrogen) atoms. The van der Waals surface area contributed by atoms with E-state index in [0.717, 1.165) is 5.56 Å². The number of carboxylic acid groups (broad SMARTS) is 1. The summed E-state index contributed by atoms with van der Waals surface area (Å²) in [5, 5.41) is 38.9. The topological polar surface area (TPSA) is 135 Å². The molecule has 1 amide bonds. The van der Waals surface area contributed by atoms with Crippen molar-refractivity contribution in [2.45, 2.75) is 6.54 Å². The third kappa shape index (κ3) is 3.36. The number of nitrogens with zero attached hydrogens (tertiary/aromatic N) is 5. The van der Waals surface area contributed by atoms with Gasteiger partial charge in [0.05, 0.1) is 10.9 Å². The van der Waals surface area contributed by atoms with Crippen LogP contribution in [-0.4, -0.2) is 62.4 Å². The van der Waals surface area contributed by atoms with Gasteiger partial charge < -0.3 is 24.6 Å². The lowest BCUT2D eigenvalue weighted by Crippen LogP contribution is -2.47. The summed E-state index contributed by atoms with van der Waals surface area (Å²) in [6, 6.07) is 6.73. The van der Waals surface area contributed by atoms with Crippen molar-refractivity contribution in [2.75, 3.05) is 26.2 Å². The summed E-state index contributed by atoms with van der Waals surface area (Å²) < 4.78 is 5.95. The Morgan fingerprint density at radius 3 is 2.71 bits per heavy atom. The number of azo groups is 1. The molecule has 0 unspecified atom stereocenters. The van der Waals surface area contributed by atoms with Crippen LogP contribution in [0.15, 0.2) is 45.1 Å². The Labute approximate surface area is 176 Å². The normalized spacial score (nSPS) is 17.5. The molecule has 5 rings (SSSR count). The van der Waals surface area contributed by atoms with Crippen LogP contribution in [0.25, 0.3) is 22.7 Å². The molecule has 0 atom stereocenters. The maximum absolute atomic E-state index is 11.1. The third-order valence-electron chi connectivity index (χ3n) is 5.54. The lowest BCUT2D eigenvalue weighted by molar-refractivity contribution is 0.102. The average Bonchev–Trinajstić information content (AvgIpc) is 3.32. The second-order valence-corrected chi connectivity index (χ2v) is 7.40. The van der Waals surface area contributed by atoms with Crippen LogP contribution >= 0.6 is 0 Å². The average molecular weight is 421 g/mol. The molecule has 1 aromatic carbocycles. The molecule has 158 valence electrons. The van der Waals surface area contributed by atoms with E-state index in [1.54, 1.807) is 24.4 Å². The predicted molar refractivity (Wildman–Crippen MR) is 111 cm³/mol. The largest absolute Gasteiger partial charge is 0.507 e. The molecule has 2 aromatic heterocycles. The number of aromatic nitrogens is 1. The van der Waals surface area contributed by atoms with Crippen LogP contribution in [-0.2, 0) is 6.54 Å². The molecule has 10 nitrogen and oxygen atoms in total. The molecule has 3 N–H and O–H groups in total. The molecule has 0 radical (unpaired) electrons. The van der Waals surface area contributed by atoms with Gasteiger partial charge in [0.2, 0.25) is 0 Å². The number of pyridine rings is 1. The number of phenols is 1. The van der Waals surface area contributed by atoms with E-state index in [2.05, 4.69) is 15.2 Å². The minimum atomic E-state index is -0.931. The highest BCUT2D eigenvalue weighted by Gasteiger charge is 2.25. The number of rotatable bonds is 3. The van der Waals surface area contributed by atoms with Gasteiger partial charge in [0.1, 0.15) is 17.0 Å². The first-order valence-corrected chi connectivity index (χ1v) is 9.76. The minimum absolute atomic E-state index is 0.0491. The van der Waals surface area contributed by atoms with Crippen molar-refractivity contribution < 1.29 is 24.5 Å². The van der Waals surface area contributed by atoms with Gasteiger partial charge in [-0.05, 0) is 24.3 Å². The molecular formula is C21H19N5O5. The lowest BCUT2D eigenvalue weighted by atomic mass is 10.1. The number of hydrogen-bond acceptors (Lipinski definition) is 8. The maximum atomic E-state index is 11.1. The van der Waals surface area contributed by atoms with Crippen molar-refractivity contribution in [3.63, 3.8) is 0 Å². The maximum Gasteiger partial charge on any atom is 0.407 e. The van der Waals surface area contributed by atoms with Crippen LogP contribution in [0.1, 0.15) is 16.9 Å². The SMILES string of the molecule is O=C(O)N1CCN(Cc2c(O)ccc3c(O)c(C=C4N=Nc5ncccc54)oc23)CC1. The van der Waals surface area contributed by atoms with E-state index < -0.39 is 6.09 Å². The summed E-state index contributed by atoms with van der Waals surface area (Å²) in [7, 11) is 0. The standard InChI is InChI=1S/C21H19N5O5/c27-16-4-3-13-18(28)17(10-15-12-2-1-5-22-20(12)24-23-15)31-19(13)14(16)11-25-6-8-26(9-7-25)21(29)30/h1-5,10,27-28H,6-9,11H2,(H,29,30). The zero-order valence-corrected chi connectivity index (χ0v) is 16.4. The van der Waals surface area contributed by atoms with Crippen molar-refractivity contribution >= 4 is 34.7 Å². The van der Waals surface area contributed by atoms with Crippen molar-refractivity contribution in [3.05, 3.63) is 47.3 Å².